The predicted molar refractivity (Wildman–Crippen MR) is 77.7 cm³/mol. The summed E-state index contributed by atoms with van der Waals surface area (Å²) in [5, 5.41) is 2.97. The summed E-state index contributed by atoms with van der Waals surface area (Å²) < 4.78 is 26.1. The molecule has 4 nitrogen and oxygen atoms in total. The number of aromatic nitrogens is 2. The molecule has 0 unspecified atom stereocenters. The average Bonchev–Trinajstić information content (AvgIpc) is 2.52. The molecule has 1 saturated heterocycles. The lowest BCUT2D eigenvalue weighted by Gasteiger charge is -2.27. The van der Waals surface area contributed by atoms with Gasteiger partial charge in [0.05, 0.1) is 0 Å². The fraction of sp³-hybridized carbons (Fsp3) is 0.333. The molecule has 2 aromatic rings. The van der Waals surface area contributed by atoms with E-state index in [1.165, 1.54) is 18.8 Å². The summed E-state index contributed by atoms with van der Waals surface area (Å²) in [4.78, 5) is 10.6. The van der Waals surface area contributed by atoms with Crippen molar-refractivity contribution in [2.45, 2.75) is 19.3 Å². The highest BCUT2D eigenvalue weighted by Gasteiger charge is 2.13. The van der Waals surface area contributed by atoms with E-state index in [0.717, 1.165) is 43.9 Å². The maximum absolute atomic E-state index is 13.2. The molecule has 1 N–H and O–H groups in total. The molecule has 0 aliphatic carbocycles. The third kappa shape index (κ3) is 3.26. The first-order valence-corrected chi connectivity index (χ1v) is 7.01. The largest absolute Gasteiger partial charge is 0.356 e. The van der Waals surface area contributed by atoms with Crippen molar-refractivity contribution in [3.63, 3.8) is 0 Å². The van der Waals surface area contributed by atoms with Crippen LogP contribution in [0.25, 0.3) is 0 Å². The third-order valence-corrected chi connectivity index (χ3v) is 3.52. The van der Waals surface area contributed by atoms with Crippen LogP contribution in [0.3, 0.4) is 0 Å². The summed E-state index contributed by atoms with van der Waals surface area (Å²) in [6.45, 7) is 1.98. The molecular weight excluding hydrogens is 274 g/mol. The van der Waals surface area contributed by atoms with Gasteiger partial charge in [0, 0.05) is 30.9 Å². The minimum Gasteiger partial charge on any atom is -0.356 e. The fourth-order valence-electron chi connectivity index (χ4n) is 2.43. The molecule has 0 atom stereocenters. The molecule has 1 fully saturated rings. The predicted octanol–water partition coefficient (Wildman–Crippen LogP) is 3.49. The number of anilines is 3. The van der Waals surface area contributed by atoms with Crippen molar-refractivity contribution in [1.82, 2.24) is 9.97 Å². The van der Waals surface area contributed by atoms with Crippen LogP contribution in [0.2, 0.25) is 0 Å². The van der Waals surface area contributed by atoms with Crippen LogP contribution in [0.1, 0.15) is 19.3 Å². The maximum atomic E-state index is 13.2. The first kappa shape index (κ1) is 13.7. The third-order valence-electron chi connectivity index (χ3n) is 3.52. The van der Waals surface area contributed by atoms with E-state index in [2.05, 4.69) is 20.2 Å². The van der Waals surface area contributed by atoms with E-state index in [1.807, 2.05) is 6.07 Å². The minimum absolute atomic E-state index is 0.456. The number of nitrogens with zero attached hydrogens (tertiary/aromatic N) is 3. The maximum Gasteiger partial charge on any atom is 0.160 e. The molecule has 6 heteroatoms. The summed E-state index contributed by atoms with van der Waals surface area (Å²) >= 11 is 0. The van der Waals surface area contributed by atoms with E-state index in [-0.39, 0.29) is 0 Å². The van der Waals surface area contributed by atoms with Crippen molar-refractivity contribution in [1.29, 1.82) is 0 Å². The first-order chi connectivity index (χ1) is 10.2. The Morgan fingerprint density at radius 1 is 0.952 bits per heavy atom. The molecule has 0 bridgehead atoms. The standard InChI is InChI=1S/C15H16F2N4/c16-12-5-4-11(8-13(12)17)20-14-9-15(19-10-18-14)21-6-2-1-3-7-21/h4-5,8-10H,1-3,6-7H2,(H,18,19,20). The molecule has 110 valence electrons. The molecular formula is C15H16F2N4. The Morgan fingerprint density at radius 2 is 1.76 bits per heavy atom. The van der Waals surface area contributed by atoms with Gasteiger partial charge >= 0.3 is 0 Å². The average molecular weight is 290 g/mol. The van der Waals surface area contributed by atoms with E-state index >= 15 is 0 Å². The van der Waals surface area contributed by atoms with Crippen LogP contribution in [0.5, 0.6) is 0 Å². The Morgan fingerprint density at radius 3 is 2.52 bits per heavy atom. The van der Waals surface area contributed by atoms with Crippen LogP contribution in [-0.2, 0) is 0 Å². The summed E-state index contributed by atoms with van der Waals surface area (Å²) in [5.41, 5.74) is 0.456. The van der Waals surface area contributed by atoms with E-state index in [4.69, 9.17) is 0 Å². The number of hydrogen-bond acceptors (Lipinski definition) is 4. The lowest BCUT2D eigenvalue weighted by molar-refractivity contribution is 0.509. The highest BCUT2D eigenvalue weighted by Crippen LogP contribution is 2.22. The van der Waals surface area contributed by atoms with Gasteiger partial charge in [-0.1, -0.05) is 0 Å². The zero-order valence-electron chi connectivity index (χ0n) is 11.5. The Hall–Kier alpha value is -2.24. The first-order valence-electron chi connectivity index (χ1n) is 7.01. The smallest absolute Gasteiger partial charge is 0.160 e. The molecule has 1 aromatic heterocycles. The topological polar surface area (TPSA) is 41.0 Å². The Kier molecular flexibility index (Phi) is 3.94. The molecule has 0 amide bonds. The van der Waals surface area contributed by atoms with Crippen molar-refractivity contribution >= 4 is 17.3 Å². The SMILES string of the molecule is Fc1ccc(Nc2cc(N3CCCCC3)ncn2)cc1F. The van der Waals surface area contributed by atoms with Crippen molar-refractivity contribution < 1.29 is 8.78 Å². The van der Waals surface area contributed by atoms with Gasteiger partial charge < -0.3 is 10.2 Å². The Labute approximate surface area is 121 Å². The van der Waals surface area contributed by atoms with Crippen molar-refractivity contribution in [3.8, 4) is 0 Å². The van der Waals surface area contributed by atoms with Gasteiger partial charge in [-0.15, -0.1) is 0 Å². The van der Waals surface area contributed by atoms with Gasteiger partial charge in [0.15, 0.2) is 11.6 Å². The molecule has 0 radical (unpaired) electrons. The van der Waals surface area contributed by atoms with Gasteiger partial charge in [0.2, 0.25) is 0 Å². The van der Waals surface area contributed by atoms with Gasteiger partial charge in [-0.25, -0.2) is 18.7 Å². The summed E-state index contributed by atoms with van der Waals surface area (Å²) in [7, 11) is 0. The van der Waals surface area contributed by atoms with Gasteiger partial charge in [0.1, 0.15) is 18.0 Å². The second-order valence-corrected chi connectivity index (χ2v) is 5.06. The summed E-state index contributed by atoms with van der Waals surface area (Å²) in [5.74, 6) is -0.325. The molecule has 1 aliphatic heterocycles. The highest BCUT2D eigenvalue weighted by molar-refractivity contribution is 5.59. The van der Waals surface area contributed by atoms with Crippen LogP contribution in [0, 0.1) is 11.6 Å². The number of nitrogens with one attached hydrogen (secondary N) is 1. The van der Waals surface area contributed by atoms with Crippen molar-refractivity contribution in [2.75, 3.05) is 23.3 Å². The van der Waals surface area contributed by atoms with Crippen LogP contribution in [0.15, 0.2) is 30.6 Å². The highest BCUT2D eigenvalue weighted by atomic mass is 19.2. The zero-order valence-corrected chi connectivity index (χ0v) is 11.5. The molecule has 2 heterocycles. The normalized spacial score (nSPS) is 15.0. The molecule has 21 heavy (non-hydrogen) atoms. The Bertz CT molecular complexity index is 627. The van der Waals surface area contributed by atoms with Crippen LogP contribution < -0.4 is 10.2 Å². The quantitative estimate of drug-likeness (QED) is 0.939. The molecule has 1 aromatic carbocycles. The van der Waals surface area contributed by atoms with Crippen LogP contribution >= 0.6 is 0 Å². The second kappa shape index (κ2) is 6.03. The number of benzene rings is 1. The minimum atomic E-state index is -0.884. The summed E-state index contributed by atoms with van der Waals surface area (Å²) in [6, 6.07) is 5.50. The van der Waals surface area contributed by atoms with E-state index in [9.17, 15) is 8.78 Å². The Balaban J connectivity index is 1.77. The van der Waals surface area contributed by atoms with Gasteiger partial charge in [0.25, 0.3) is 0 Å². The second-order valence-electron chi connectivity index (χ2n) is 5.06. The van der Waals surface area contributed by atoms with Crippen molar-refractivity contribution in [3.05, 3.63) is 42.2 Å². The van der Waals surface area contributed by atoms with Crippen LogP contribution in [0.4, 0.5) is 26.1 Å². The van der Waals surface area contributed by atoms with E-state index in [1.54, 1.807) is 0 Å². The number of halogens is 2. The molecule has 0 saturated carbocycles. The molecule has 0 spiro atoms. The van der Waals surface area contributed by atoms with Crippen LogP contribution in [-0.4, -0.2) is 23.1 Å². The van der Waals surface area contributed by atoms with Crippen molar-refractivity contribution in [2.24, 2.45) is 0 Å². The lowest BCUT2D eigenvalue weighted by atomic mass is 10.1. The number of hydrogen-bond donors (Lipinski definition) is 1. The fourth-order valence-corrected chi connectivity index (χ4v) is 2.43. The van der Waals surface area contributed by atoms with E-state index < -0.39 is 11.6 Å². The monoisotopic (exact) mass is 290 g/mol. The molecule has 3 rings (SSSR count). The van der Waals surface area contributed by atoms with E-state index in [0.29, 0.717) is 11.5 Å². The lowest BCUT2D eigenvalue weighted by Crippen LogP contribution is -2.30. The van der Waals surface area contributed by atoms with Gasteiger partial charge in [-0.3, -0.25) is 0 Å². The van der Waals surface area contributed by atoms with Gasteiger partial charge in [-0.2, -0.15) is 0 Å². The zero-order chi connectivity index (χ0) is 14.7. The number of piperidine rings is 1. The summed E-state index contributed by atoms with van der Waals surface area (Å²) in [6.07, 6.45) is 5.06. The van der Waals surface area contributed by atoms with Gasteiger partial charge in [-0.05, 0) is 31.4 Å². The number of rotatable bonds is 3. The molecule has 1 aliphatic rings.